The second-order valence-corrected chi connectivity index (χ2v) is 24.7. The summed E-state index contributed by atoms with van der Waals surface area (Å²) < 4.78 is 28.0. The van der Waals surface area contributed by atoms with Crippen molar-refractivity contribution >= 4 is 22.9 Å². The van der Waals surface area contributed by atoms with Crippen molar-refractivity contribution in [3.63, 3.8) is 0 Å². The maximum absolute atomic E-state index is 11.3. The molecule has 2 fully saturated rings. The Labute approximate surface area is 230 Å². The van der Waals surface area contributed by atoms with E-state index in [1.165, 1.54) is 0 Å². The van der Waals surface area contributed by atoms with Crippen molar-refractivity contribution in [2.45, 2.75) is 161 Å². The molecule has 0 aromatic rings. The van der Waals surface area contributed by atoms with Crippen LogP contribution in [0.15, 0.2) is 11.6 Å². The molecule has 0 N–H and O–H groups in total. The van der Waals surface area contributed by atoms with E-state index < -0.39 is 22.4 Å². The molecule has 0 aliphatic carbocycles. The van der Waals surface area contributed by atoms with Gasteiger partial charge in [0.25, 0.3) is 0 Å². The number of hydrogen-bond donors (Lipinski definition) is 0. The Morgan fingerprint density at radius 2 is 1.51 bits per heavy atom. The summed E-state index contributed by atoms with van der Waals surface area (Å²) in [6.45, 7) is 31.7. The van der Waals surface area contributed by atoms with Crippen LogP contribution in [-0.2, 0) is 23.1 Å². The zero-order valence-corrected chi connectivity index (χ0v) is 28.5. The number of allylic oxidation sites excluding steroid dienone is 1. The fourth-order valence-corrected chi connectivity index (χ4v) is 7.85. The Hall–Kier alpha value is -0.316. The Kier molecular flexibility index (Phi) is 10.4. The van der Waals surface area contributed by atoms with Gasteiger partial charge in [-0.25, -0.2) is 0 Å². The van der Waals surface area contributed by atoms with E-state index in [9.17, 15) is 4.79 Å². The zero-order chi connectivity index (χ0) is 28.6. The first-order valence-electron chi connectivity index (χ1n) is 14.5. The molecule has 0 radical (unpaired) electrons. The maximum Gasteiger partial charge on any atom is 0.192 e. The van der Waals surface area contributed by atoms with Crippen molar-refractivity contribution in [2.24, 2.45) is 11.8 Å². The van der Waals surface area contributed by atoms with Gasteiger partial charge in [-0.3, -0.25) is 4.79 Å². The average Bonchev–Trinajstić information content (AvgIpc) is 2.72. The molecule has 37 heavy (non-hydrogen) atoms. The van der Waals surface area contributed by atoms with E-state index in [1.807, 2.05) is 13.0 Å². The van der Waals surface area contributed by atoms with Gasteiger partial charge in [0.05, 0.1) is 24.4 Å². The van der Waals surface area contributed by atoms with E-state index in [0.29, 0.717) is 18.8 Å². The summed E-state index contributed by atoms with van der Waals surface area (Å²) in [5.41, 5.74) is 0.738. The molecule has 0 aromatic carbocycles. The predicted octanol–water partition coefficient (Wildman–Crippen LogP) is 8.26. The summed E-state index contributed by atoms with van der Waals surface area (Å²) in [5.74, 6) is -0.118. The van der Waals surface area contributed by atoms with Gasteiger partial charge in [-0.1, -0.05) is 68.4 Å². The lowest BCUT2D eigenvalue weighted by atomic mass is 9.81. The first-order valence-corrected chi connectivity index (χ1v) is 20.3. The highest BCUT2D eigenvalue weighted by atomic mass is 28.4. The minimum atomic E-state index is -1.99. The van der Waals surface area contributed by atoms with Crippen LogP contribution in [0.25, 0.3) is 0 Å². The molecule has 0 amide bonds. The summed E-state index contributed by atoms with van der Waals surface area (Å²) in [5, 5.41) is 0.255. The van der Waals surface area contributed by atoms with Crippen LogP contribution in [0.1, 0.15) is 94.9 Å². The summed E-state index contributed by atoms with van der Waals surface area (Å²) >= 11 is 0. The van der Waals surface area contributed by atoms with Crippen LogP contribution in [0.3, 0.4) is 0 Å². The molecule has 0 bridgehead atoms. The highest BCUT2D eigenvalue weighted by Gasteiger charge is 2.55. The van der Waals surface area contributed by atoms with Gasteiger partial charge in [0.15, 0.2) is 22.4 Å². The van der Waals surface area contributed by atoms with Crippen molar-refractivity contribution in [3.05, 3.63) is 11.6 Å². The Balaban J connectivity index is 2.46. The Morgan fingerprint density at radius 3 is 2.00 bits per heavy atom. The van der Waals surface area contributed by atoms with Crippen molar-refractivity contribution < 1.29 is 23.1 Å². The molecule has 2 heterocycles. The fraction of sp³-hybridized carbons (Fsp3) is 0.900. The van der Waals surface area contributed by atoms with Gasteiger partial charge in [0.1, 0.15) is 6.29 Å². The number of carbonyl (C=O) groups is 1. The van der Waals surface area contributed by atoms with Gasteiger partial charge in [0.2, 0.25) is 0 Å². The van der Waals surface area contributed by atoms with Crippen molar-refractivity contribution in [1.29, 1.82) is 0 Å². The van der Waals surface area contributed by atoms with Crippen LogP contribution in [0.2, 0.25) is 36.3 Å². The standard InChI is InChI=1S/C30H58O5Si2/c1-21(2)27-23(4)26(35-37(13,14)29(8,9)10)19-30(33-27)18-25(34-36(11,12)28(5,6)7)17-24(32-30)16-15-22(3)20-31/h15,20-21,23-27H,16-19H2,1-14H3/b22-15+/t23-,24+,25-,26-,27+,30-/m0/s1. The van der Waals surface area contributed by atoms with E-state index in [2.05, 4.69) is 88.5 Å². The number of ether oxygens (including phenoxy) is 2. The normalized spacial score (nSPS) is 32.7. The first kappa shape index (κ1) is 32.9. The van der Waals surface area contributed by atoms with Crippen LogP contribution in [0, 0.1) is 11.8 Å². The summed E-state index contributed by atoms with van der Waals surface area (Å²) in [4.78, 5) is 11.3. The van der Waals surface area contributed by atoms with Crippen molar-refractivity contribution in [1.82, 2.24) is 0 Å². The lowest BCUT2D eigenvalue weighted by molar-refractivity contribution is -0.350. The Morgan fingerprint density at radius 1 is 0.973 bits per heavy atom. The van der Waals surface area contributed by atoms with Gasteiger partial charge in [-0.15, -0.1) is 0 Å². The maximum atomic E-state index is 11.3. The third-order valence-corrected chi connectivity index (χ3v) is 18.5. The van der Waals surface area contributed by atoms with Crippen LogP contribution in [-0.4, -0.2) is 53.1 Å². The largest absolute Gasteiger partial charge is 0.414 e. The van der Waals surface area contributed by atoms with Crippen LogP contribution < -0.4 is 0 Å². The van der Waals surface area contributed by atoms with Crippen molar-refractivity contribution in [2.75, 3.05) is 0 Å². The van der Waals surface area contributed by atoms with E-state index in [1.54, 1.807) is 0 Å². The zero-order valence-electron chi connectivity index (χ0n) is 26.5. The molecule has 0 aromatic heterocycles. The molecule has 2 rings (SSSR count). The molecule has 0 unspecified atom stereocenters. The molecule has 5 nitrogen and oxygen atoms in total. The van der Waals surface area contributed by atoms with Crippen molar-refractivity contribution in [3.8, 4) is 0 Å². The summed E-state index contributed by atoms with van der Waals surface area (Å²) in [7, 11) is -3.99. The van der Waals surface area contributed by atoms with E-state index in [4.69, 9.17) is 18.3 Å². The summed E-state index contributed by atoms with van der Waals surface area (Å²) in [6.07, 6.45) is 5.96. The number of rotatable bonds is 8. The van der Waals surface area contributed by atoms with E-state index in [-0.39, 0.29) is 40.4 Å². The molecule has 2 aliphatic rings. The summed E-state index contributed by atoms with van der Waals surface area (Å²) in [6, 6.07) is 0. The van der Waals surface area contributed by atoms with E-state index >= 15 is 0 Å². The molecular formula is C30H58O5Si2. The molecule has 2 aliphatic heterocycles. The quantitative estimate of drug-likeness (QED) is 0.172. The Bertz CT molecular complexity index is 808. The lowest BCUT2D eigenvalue weighted by Gasteiger charge is -2.55. The SMILES string of the molecule is C/C(C=O)=C\C[C@@H]1C[C@H](O[Si](C)(C)C(C)(C)C)C[C@]2(C[C@H](O[Si](C)(C)C(C)(C)C)[C@H](C)[C@@H](C(C)C)O2)O1. The number of hydrogen-bond acceptors (Lipinski definition) is 5. The van der Waals surface area contributed by atoms with Crippen LogP contribution in [0.5, 0.6) is 0 Å². The third-order valence-electron chi connectivity index (χ3n) is 9.48. The molecule has 2 saturated heterocycles. The number of aldehydes is 1. The van der Waals surface area contributed by atoms with Gasteiger partial charge in [0, 0.05) is 18.8 Å². The van der Waals surface area contributed by atoms with Gasteiger partial charge < -0.3 is 18.3 Å². The predicted molar refractivity (Wildman–Crippen MR) is 159 cm³/mol. The monoisotopic (exact) mass is 554 g/mol. The molecule has 6 atom stereocenters. The molecule has 216 valence electrons. The van der Waals surface area contributed by atoms with E-state index in [0.717, 1.165) is 24.7 Å². The van der Waals surface area contributed by atoms with Crippen LogP contribution in [0.4, 0.5) is 0 Å². The lowest BCUT2D eigenvalue weighted by Crippen LogP contribution is -2.61. The van der Waals surface area contributed by atoms with Gasteiger partial charge >= 0.3 is 0 Å². The smallest absolute Gasteiger partial charge is 0.192 e. The second-order valence-electron chi connectivity index (χ2n) is 15.2. The van der Waals surface area contributed by atoms with Gasteiger partial charge in [-0.05, 0) is 67.5 Å². The molecule has 1 spiro atoms. The third kappa shape index (κ3) is 8.10. The average molecular weight is 555 g/mol. The molecule has 0 saturated carbocycles. The minimum absolute atomic E-state index is 0.0445. The highest BCUT2D eigenvalue weighted by Crippen LogP contribution is 2.49. The van der Waals surface area contributed by atoms with Crippen LogP contribution >= 0.6 is 0 Å². The van der Waals surface area contributed by atoms with Gasteiger partial charge in [-0.2, -0.15) is 0 Å². The number of carbonyl (C=O) groups excluding carboxylic acids is 1. The highest BCUT2D eigenvalue weighted by molar-refractivity contribution is 6.74. The fourth-order valence-electron chi connectivity index (χ4n) is 5.08. The molecular weight excluding hydrogens is 496 g/mol. The second kappa shape index (κ2) is 11.7. The molecule has 7 heteroatoms. The minimum Gasteiger partial charge on any atom is -0.414 e. The first-order chi connectivity index (χ1) is 16.6. The topological polar surface area (TPSA) is 54.0 Å².